The lowest BCUT2D eigenvalue weighted by molar-refractivity contribution is 0.375. The normalized spacial score (nSPS) is 17.5. The topological polar surface area (TPSA) is 75.5 Å². The van der Waals surface area contributed by atoms with Crippen molar-refractivity contribution in [3.8, 4) is 0 Å². The summed E-state index contributed by atoms with van der Waals surface area (Å²) in [5.41, 5.74) is 3.67. The van der Waals surface area contributed by atoms with Gasteiger partial charge in [-0.3, -0.25) is 9.97 Å². The van der Waals surface area contributed by atoms with Crippen molar-refractivity contribution in [1.82, 2.24) is 14.4 Å². The summed E-state index contributed by atoms with van der Waals surface area (Å²) in [6.45, 7) is 0. The van der Waals surface area contributed by atoms with Gasteiger partial charge in [0, 0.05) is 29.4 Å². The second-order valence-electron chi connectivity index (χ2n) is 6.09. The largest absolute Gasteiger partial charge is 0.253 e. The Kier molecular flexibility index (Phi) is 4.13. The van der Waals surface area contributed by atoms with Crippen LogP contribution in [0.3, 0.4) is 0 Å². The summed E-state index contributed by atoms with van der Waals surface area (Å²) in [7, 11) is -3.54. The van der Waals surface area contributed by atoms with Gasteiger partial charge in [-0.25, -0.2) is 8.42 Å². The number of nitrogens with zero attached hydrogens (tertiary/aromatic N) is 4. The first-order chi connectivity index (χ1) is 12.4. The lowest BCUT2D eigenvalue weighted by Crippen LogP contribution is -2.25. The molecule has 0 amide bonds. The van der Waals surface area contributed by atoms with Gasteiger partial charge in [-0.2, -0.15) is 9.52 Å². The molecular weight excluding hydrogens is 372 g/mol. The maximum atomic E-state index is 12.3. The van der Waals surface area contributed by atoms with Crippen LogP contribution in [-0.2, 0) is 10.0 Å². The van der Waals surface area contributed by atoms with Crippen molar-refractivity contribution in [1.29, 1.82) is 0 Å². The van der Waals surface area contributed by atoms with Gasteiger partial charge in [0.2, 0.25) is 10.0 Å². The number of rotatable bonds is 3. The highest BCUT2D eigenvalue weighted by molar-refractivity contribution is 7.88. The summed E-state index contributed by atoms with van der Waals surface area (Å²) >= 11 is 6.27. The molecule has 26 heavy (non-hydrogen) atoms. The third-order valence-electron chi connectivity index (χ3n) is 4.28. The average molecular weight is 387 g/mol. The third-order valence-corrected chi connectivity index (χ3v) is 5.62. The molecule has 1 aliphatic heterocycles. The number of halogens is 1. The summed E-state index contributed by atoms with van der Waals surface area (Å²) in [4.78, 5) is 8.55. The SMILES string of the molecule is CS(=O)(=O)N1N=C(c2ccccc2Cl)C[C@@H]1c1ccc2nccnc2c1. The number of fused-ring (bicyclic) bond motifs is 1. The first-order valence-corrected chi connectivity index (χ1v) is 10.2. The first-order valence-electron chi connectivity index (χ1n) is 7.96. The Balaban J connectivity index is 1.79. The fourth-order valence-electron chi connectivity index (χ4n) is 3.09. The number of benzene rings is 2. The van der Waals surface area contributed by atoms with Crippen molar-refractivity contribution in [2.24, 2.45) is 5.10 Å². The number of hydrogen-bond donors (Lipinski definition) is 0. The molecule has 0 radical (unpaired) electrons. The fourth-order valence-corrected chi connectivity index (χ4v) is 4.24. The molecular formula is C18H15ClN4O2S. The van der Waals surface area contributed by atoms with Crippen LogP contribution in [0.15, 0.2) is 60.0 Å². The van der Waals surface area contributed by atoms with Gasteiger partial charge in [0.05, 0.1) is 29.0 Å². The molecule has 1 atom stereocenters. The van der Waals surface area contributed by atoms with Crippen LogP contribution in [0.4, 0.5) is 0 Å². The Morgan fingerprint density at radius 3 is 2.54 bits per heavy atom. The smallest absolute Gasteiger partial charge is 0.247 e. The Hall–Kier alpha value is -2.51. The maximum absolute atomic E-state index is 12.3. The van der Waals surface area contributed by atoms with Crippen molar-refractivity contribution in [2.75, 3.05) is 6.26 Å². The van der Waals surface area contributed by atoms with Crippen molar-refractivity contribution >= 4 is 38.4 Å². The summed E-state index contributed by atoms with van der Waals surface area (Å²) in [6.07, 6.45) is 4.82. The molecule has 0 spiro atoms. The zero-order chi connectivity index (χ0) is 18.3. The molecule has 6 nitrogen and oxygen atoms in total. The summed E-state index contributed by atoms with van der Waals surface area (Å²) < 4.78 is 25.8. The van der Waals surface area contributed by atoms with E-state index in [4.69, 9.17) is 11.6 Å². The summed E-state index contributed by atoms with van der Waals surface area (Å²) in [6, 6.07) is 12.4. The van der Waals surface area contributed by atoms with Crippen LogP contribution in [0, 0.1) is 0 Å². The lowest BCUT2D eigenvalue weighted by atomic mass is 9.98. The van der Waals surface area contributed by atoms with Gasteiger partial charge in [0.15, 0.2) is 0 Å². The van der Waals surface area contributed by atoms with Crippen LogP contribution in [0.2, 0.25) is 5.02 Å². The van der Waals surface area contributed by atoms with Crippen LogP contribution in [0.5, 0.6) is 0 Å². The number of aromatic nitrogens is 2. The molecule has 1 aliphatic rings. The van der Waals surface area contributed by atoms with Crippen molar-refractivity contribution in [3.63, 3.8) is 0 Å². The monoisotopic (exact) mass is 386 g/mol. The molecule has 0 saturated carbocycles. The van der Waals surface area contributed by atoms with Crippen LogP contribution in [0.25, 0.3) is 11.0 Å². The van der Waals surface area contributed by atoms with E-state index >= 15 is 0 Å². The molecule has 0 N–H and O–H groups in total. The molecule has 2 heterocycles. The fraction of sp³-hybridized carbons (Fsp3) is 0.167. The molecule has 0 saturated heterocycles. The highest BCUT2D eigenvalue weighted by Gasteiger charge is 2.35. The van der Waals surface area contributed by atoms with E-state index in [1.165, 1.54) is 0 Å². The van der Waals surface area contributed by atoms with E-state index in [0.29, 0.717) is 22.7 Å². The predicted octanol–water partition coefficient (Wildman–Crippen LogP) is 3.39. The molecule has 0 aliphatic carbocycles. The number of hydrogen-bond acceptors (Lipinski definition) is 5. The number of hydrazone groups is 1. The van der Waals surface area contributed by atoms with E-state index in [1.54, 1.807) is 18.5 Å². The molecule has 4 rings (SSSR count). The summed E-state index contributed by atoms with van der Waals surface area (Å²) in [5.74, 6) is 0. The minimum atomic E-state index is -3.54. The minimum absolute atomic E-state index is 0.433. The van der Waals surface area contributed by atoms with E-state index in [-0.39, 0.29) is 0 Å². The Bertz CT molecular complexity index is 1130. The van der Waals surface area contributed by atoms with Crippen LogP contribution in [-0.4, -0.2) is 34.8 Å². The van der Waals surface area contributed by atoms with Gasteiger partial charge in [-0.05, 0) is 23.8 Å². The zero-order valence-corrected chi connectivity index (χ0v) is 15.4. The second-order valence-corrected chi connectivity index (χ2v) is 8.33. The molecule has 3 aromatic rings. The van der Waals surface area contributed by atoms with Crippen molar-refractivity contribution in [2.45, 2.75) is 12.5 Å². The second kappa shape index (κ2) is 6.34. The first kappa shape index (κ1) is 16.9. The van der Waals surface area contributed by atoms with Gasteiger partial charge >= 0.3 is 0 Å². The molecule has 132 valence electrons. The van der Waals surface area contributed by atoms with E-state index < -0.39 is 16.1 Å². The Labute approximate surface area is 156 Å². The Morgan fingerprint density at radius 2 is 1.81 bits per heavy atom. The van der Waals surface area contributed by atoms with E-state index in [9.17, 15) is 8.42 Å². The van der Waals surface area contributed by atoms with Crippen LogP contribution in [0.1, 0.15) is 23.6 Å². The highest BCUT2D eigenvalue weighted by Crippen LogP contribution is 2.36. The summed E-state index contributed by atoms with van der Waals surface area (Å²) in [5, 5.41) is 4.92. The average Bonchev–Trinajstić information content (AvgIpc) is 3.07. The van der Waals surface area contributed by atoms with Crippen LogP contribution < -0.4 is 0 Å². The standard InChI is InChI=1S/C18H15ClN4O2S/c1-26(24,25)23-18(11-16(22-23)13-4-2-3-5-14(13)19)12-6-7-15-17(10-12)21-9-8-20-15/h2-10,18H,11H2,1H3/t18-/m1/s1. The van der Waals surface area contributed by atoms with E-state index in [1.807, 2.05) is 36.4 Å². The van der Waals surface area contributed by atoms with Gasteiger partial charge in [-0.1, -0.05) is 35.9 Å². The molecule has 0 fully saturated rings. The molecule has 8 heteroatoms. The zero-order valence-electron chi connectivity index (χ0n) is 13.9. The molecule has 0 bridgehead atoms. The highest BCUT2D eigenvalue weighted by atomic mass is 35.5. The van der Waals surface area contributed by atoms with Gasteiger partial charge in [0.1, 0.15) is 0 Å². The predicted molar refractivity (Wildman–Crippen MR) is 102 cm³/mol. The third kappa shape index (κ3) is 3.04. The van der Waals surface area contributed by atoms with Crippen LogP contribution >= 0.6 is 11.6 Å². The van der Waals surface area contributed by atoms with Gasteiger partial charge < -0.3 is 0 Å². The molecule has 0 unspecified atom stereocenters. The maximum Gasteiger partial charge on any atom is 0.247 e. The number of sulfonamides is 1. The van der Waals surface area contributed by atoms with E-state index in [2.05, 4.69) is 15.1 Å². The van der Waals surface area contributed by atoms with Crippen molar-refractivity contribution in [3.05, 3.63) is 71.0 Å². The lowest BCUT2D eigenvalue weighted by Gasteiger charge is -2.21. The van der Waals surface area contributed by atoms with Crippen molar-refractivity contribution < 1.29 is 8.42 Å². The quantitative estimate of drug-likeness (QED) is 0.691. The Morgan fingerprint density at radius 1 is 1.08 bits per heavy atom. The van der Waals surface area contributed by atoms with Gasteiger partial charge in [0.25, 0.3) is 0 Å². The minimum Gasteiger partial charge on any atom is -0.253 e. The van der Waals surface area contributed by atoms with E-state index in [0.717, 1.165) is 27.3 Å². The van der Waals surface area contributed by atoms with Gasteiger partial charge in [-0.15, -0.1) is 0 Å². The molecule has 2 aromatic carbocycles. The molecule has 1 aromatic heterocycles.